The van der Waals surface area contributed by atoms with Crippen molar-refractivity contribution in [1.82, 2.24) is 4.98 Å². The lowest BCUT2D eigenvalue weighted by atomic mass is 10.4. The van der Waals surface area contributed by atoms with E-state index in [-0.39, 0.29) is 11.5 Å². The lowest BCUT2D eigenvalue weighted by Crippen LogP contribution is -1.98. The normalized spacial score (nSPS) is 10.8. The summed E-state index contributed by atoms with van der Waals surface area (Å²) in [6, 6.07) is 4.51. The quantitative estimate of drug-likeness (QED) is 0.490. The van der Waals surface area contributed by atoms with Gasteiger partial charge in [0.1, 0.15) is 5.76 Å². The SMILES string of the molecule is O=[N+]([O-])c1cccnc1N/N=C/c1cc(Br)c(Br)o1. The number of rotatable bonds is 4. The van der Waals surface area contributed by atoms with E-state index >= 15 is 0 Å². The van der Waals surface area contributed by atoms with Crippen LogP contribution in [0, 0.1) is 10.1 Å². The molecule has 2 rings (SSSR count). The van der Waals surface area contributed by atoms with Gasteiger partial charge in [-0.05, 0) is 37.9 Å². The molecule has 2 aromatic rings. The van der Waals surface area contributed by atoms with E-state index in [1.807, 2.05) is 0 Å². The van der Waals surface area contributed by atoms with Crippen LogP contribution < -0.4 is 5.43 Å². The highest BCUT2D eigenvalue weighted by Crippen LogP contribution is 2.26. The molecule has 0 aliphatic heterocycles. The van der Waals surface area contributed by atoms with E-state index in [0.717, 1.165) is 4.47 Å². The summed E-state index contributed by atoms with van der Waals surface area (Å²) >= 11 is 6.45. The molecule has 0 aromatic carbocycles. The van der Waals surface area contributed by atoms with E-state index < -0.39 is 4.92 Å². The van der Waals surface area contributed by atoms with E-state index in [4.69, 9.17) is 4.42 Å². The van der Waals surface area contributed by atoms with Crippen LogP contribution in [0.25, 0.3) is 0 Å². The third kappa shape index (κ3) is 3.38. The molecular formula is C10H6Br2N4O3. The van der Waals surface area contributed by atoms with Gasteiger partial charge >= 0.3 is 5.69 Å². The number of nitro groups is 1. The first kappa shape index (κ1) is 13.7. The zero-order chi connectivity index (χ0) is 13.8. The number of anilines is 1. The minimum atomic E-state index is -0.537. The van der Waals surface area contributed by atoms with Crippen LogP contribution in [0.4, 0.5) is 11.5 Å². The Bertz CT molecular complexity index is 622. The molecule has 0 saturated carbocycles. The van der Waals surface area contributed by atoms with Crippen molar-refractivity contribution in [3.8, 4) is 0 Å². The highest BCUT2D eigenvalue weighted by atomic mass is 79.9. The molecule has 7 nitrogen and oxygen atoms in total. The Hall–Kier alpha value is -1.74. The molecule has 0 atom stereocenters. The van der Waals surface area contributed by atoms with Crippen LogP contribution in [-0.2, 0) is 0 Å². The number of hydrogen-bond donors (Lipinski definition) is 1. The fourth-order valence-electron chi connectivity index (χ4n) is 1.21. The van der Waals surface area contributed by atoms with Crippen molar-refractivity contribution >= 4 is 49.6 Å². The average Bonchev–Trinajstić information content (AvgIpc) is 2.69. The Kier molecular flexibility index (Phi) is 4.27. The highest BCUT2D eigenvalue weighted by Gasteiger charge is 2.13. The number of aromatic nitrogens is 1. The summed E-state index contributed by atoms with van der Waals surface area (Å²) in [4.78, 5) is 14.0. The van der Waals surface area contributed by atoms with Crippen LogP contribution in [0.3, 0.4) is 0 Å². The van der Waals surface area contributed by atoms with Crippen LogP contribution in [0.15, 0.2) is 43.1 Å². The fraction of sp³-hybridized carbons (Fsp3) is 0. The summed E-state index contributed by atoms with van der Waals surface area (Å²) in [6.45, 7) is 0. The second-order valence-corrected chi connectivity index (χ2v) is 4.84. The van der Waals surface area contributed by atoms with Gasteiger partial charge in [-0.15, -0.1) is 0 Å². The van der Waals surface area contributed by atoms with Gasteiger partial charge in [0.2, 0.25) is 5.82 Å². The van der Waals surface area contributed by atoms with Gasteiger partial charge in [0.15, 0.2) is 4.67 Å². The second-order valence-electron chi connectivity index (χ2n) is 3.27. The lowest BCUT2D eigenvalue weighted by molar-refractivity contribution is -0.384. The minimum Gasteiger partial charge on any atom is -0.447 e. The predicted molar refractivity (Wildman–Crippen MR) is 76.2 cm³/mol. The summed E-state index contributed by atoms with van der Waals surface area (Å²) < 4.78 is 6.54. The average molecular weight is 390 g/mol. The van der Waals surface area contributed by atoms with Gasteiger partial charge in [0.25, 0.3) is 0 Å². The summed E-state index contributed by atoms with van der Waals surface area (Å²) in [5.74, 6) is 0.540. The molecule has 0 saturated heterocycles. The summed E-state index contributed by atoms with van der Waals surface area (Å²) in [5, 5.41) is 14.6. The lowest BCUT2D eigenvalue weighted by Gasteiger charge is -1.98. The topological polar surface area (TPSA) is 93.6 Å². The van der Waals surface area contributed by atoms with Gasteiger partial charge in [-0.2, -0.15) is 5.10 Å². The standard InChI is InChI=1S/C10H6Br2N4O3/c11-7-4-6(19-9(7)12)5-14-15-10-8(16(17)18)2-1-3-13-10/h1-5H,(H,13,15)/b14-5+. The summed E-state index contributed by atoms with van der Waals surface area (Å²) in [6.07, 6.45) is 2.82. The van der Waals surface area contributed by atoms with Crippen LogP contribution in [0.1, 0.15) is 5.76 Å². The number of nitrogens with one attached hydrogen (secondary N) is 1. The molecule has 0 aliphatic rings. The maximum atomic E-state index is 10.7. The Labute approximate surface area is 124 Å². The molecule has 1 N–H and O–H groups in total. The summed E-state index contributed by atoms with van der Waals surface area (Å²) in [5.41, 5.74) is 2.35. The van der Waals surface area contributed by atoms with E-state index in [9.17, 15) is 10.1 Å². The minimum absolute atomic E-state index is 0.0634. The van der Waals surface area contributed by atoms with Gasteiger partial charge in [-0.1, -0.05) is 0 Å². The fourth-order valence-corrected chi connectivity index (χ4v) is 1.82. The molecule has 2 heterocycles. The molecule has 0 unspecified atom stereocenters. The molecule has 0 aliphatic carbocycles. The smallest absolute Gasteiger partial charge is 0.313 e. The van der Waals surface area contributed by atoms with Gasteiger partial charge < -0.3 is 4.42 Å². The highest BCUT2D eigenvalue weighted by molar-refractivity contribution is 9.13. The van der Waals surface area contributed by atoms with Gasteiger partial charge in [0.05, 0.1) is 15.6 Å². The van der Waals surface area contributed by atoms with E-state index in [0.29, 0.717) is 10.4 Å². The van der Waals surface area contributed by atoms with Crippen molar-refractivity contribution < 1.29 is 9.34 Å². The van der Waals surface area contributed by atoms with Crippen LogP contribution in [-0.4, -0.2) is 16.1 Å². The van der Waals surface area contributed by atoms with Crippen molar-refractivity contribution in [2.24, 2.45) is 5.10 Å². The monoisotopic (exact) mass is 388 g/mol. The second kappa shape index (κ2) is 5.93. The maximum Gasteiger partial charge on any atom is 0.313 e. The van der Waals surface area contributed by atoms with Crippen molar-refractivity contribution in [1.29, 1.82) is 0 Å². The number of hydrazone groups is 1. The molecule has 9 heteroatoms. The largest absolute Gasteiger partial charge is 0.447 e. The van der Waals surface area contributed by atoms with Crippen LogP contribution in [0.5, 0.6) is 0 Å². The first-order chi connectivity index (χ1) is 9.08. The Morgan fingerprint density at radius 2 is 2.32 bits per heavy atom. The van der Waals surface area contributed by atoms with Crippen molar-refractivity contribution in [2.75, 3.05) is 5.43 Å². The molecule has 0 bridgehead atoms. The number of furan rings is 1. The Balaban J connectivity index is 2.12. The van der Waals surface area contributed by atoms with Gasteiger partial charge in [-0.25, -0.2) is 4.98 Å². The molecule has 0 radical (unpaired) electrons. The molecule has 0 spiro atoms. The van der Waals surface area contributed by atoms with Crippen LogP contribution >= 0.6 is 31.9 Å². The molecule has 0 amide bonds. The zero-order valence-electron chi connectivity index (χ0n) is 9.21. The van der Waals surface area contributed by atoms with Gasteiger partial charge in [-0.3, -0.25) is 15.5 Å². The Morgan fingerprint density at radius 3 is 2.95 bits per heavy atom. The number of nitrogens with zero attached hydrogens (tertiary/aromatic N) is 3. The zero-order valence-corrected chi connectivity index (χ0v) is 12.4. The molecule has 98 valence electrons. The summed E-state index contributed by atoms with van der Waals surface area (Å²) in [7, 11) is 0. The number of halogens is 2. The van der Waals surface area contributed by atoms with E-state index in [2.05, 4.69) is 47.4 Å². The third-order valence-electron chi connectivity index (χ3n) is 2.01. The molecule has 2 aromatic heterocycles. The molecular weight excluding hydrogens is 384 g/mol. The van der Waals surface area contributed by atoms with Gasteiger partial charge in [0, 0.05) is 18.3 Å². The molecule has 0 fully saturated rings. The first-order valence-electron chi connectivity index (χ1n) is 4.91. The first-order valence-corrected chi connectivity index (χ1v) is 6.50. The van der Waals surface area contributed by atoms with E-state index in [1.54, 1.807) is 6.07 Å². The van der Waals surface area contributed by atoms with E-state index in [1.165, 1.54) is 24.5 Å². The molecule has 19 heavy (non-hydrogen) atoms. The van der Waals surface area contributed by atoms with Crippen molar-refractivity contribution in [2.45, 2.75) is 0 Å². The number of hydrogen-bond acceptors (Lipinski definition) is 6. The van der Waals surface area contributed by atoms with Crippen molar-refractivity contribution in [3.63, 3.8) is 0 Å². The predicted octanol–water partition coefficient (Wildman–Crippen LogP) is 3.55. The maximum absolute atomic E-state index is 10.7. The van der Waals surface area contributed by atoms with Crippen molar-refractivity contribution in [3.05, 3.63) is 49.4 Å². The number of pyridine rings is 1. The third-order valence-corrected chi connectivity index (χ3v) is 3.72. The van der Waals surface area contributed by atoms with Crippen LogP contribution in [0.2, 0.25) is 0 Å². The Morgan fingerprint density at radius 1 is 1.53 bits per heavy atom.